The normalized spacial score (nSPS) is 27.9. The summed E-state index contributed by atoms with van der Waals surface area (Å²) in [5.41, 5.74) is 1.34. The smallest absolute Gasteiger partial charge is 0.226 e. The Bertz CT molecular complexity index is 395. The molecule has 0 unspecified atom stereocenters. The van der Waals surface area contributed by atoms with E-state index in [2.05, 4.69) is 29.2 Å². The van der Waals surface area contributed by atoms with Gasteiger partial charge in [-0.1, -0.05) is 30.3 Å². The Kier molecular flexibility index (Phi) is 2.87. The zero-order chi connectivity index (χ0) is 11.7. The largest absolute Gasteiger partial charge is 0.342 e. The van der Waals surface area contributed by atoms with Gasteiger partial charge in [0, 0.05) is 19.0 Å². The van der Waals surface area contributed by atoms with Gasteiger partial charge in [-0.05, 0) is 37.2 Å². The fourth-order valence-corrected chi connectivity index (χ4v) is 2.89. The quantitative estimate of drug-likeness (QED) is 0.763. The van der Waals surface area contributed by atoms with E-state index in [0.717, 1.165) is 19.5 Å². The lowest BCUT2D eigenvalue weighted by Crippen LogP contribution is -2.36. The van der Waals surface area contributed by atoms with Gasteiger partial charge in [-0.3, -0.25) is 4.79 Å². The van der Waals surface area contributed by atoms with Crippen LogP contribution in [0.1, 0.15) is 37.2 Å². The van der Waals surface area contributed by atoms with Crippen molar-refractivity contribution in [3.63, 3.8) is 0 Å². The molecule has 2 nitrogen and oxygen atoms in total. The Morgan fingerprint density at radius 2 is 1.76 bits per heavy atom. The summed E-state index contributed by atoms with van der Waals surface area (Å²) in [6.07, 6.45) is 4.72. The minimum atomic E-state index is 0.274. The van der Waals surface area contributed by atoms with E-state index < -0.39 is 0 Å². The first-order chi connectivity index (χ1) is 8.36. The number of piperidine rings is 1. The van der Waals surface area contributed by atoms with E-state index in [0.29, 0.717) is 11.8 Å². The predicted molar refractivity (Wildman–Crippen MR) is 67.7 cm³/mol. The number of hydrogen-bond acceptors (Lipinski definition) is 1. The van der Waals surface area contributed by atoms with Crippen LogP contribution in [0.4, 0.5) is 0 Å². The summed E-state index contributed by atoms with van der Waals surface area (Å²) >= 11 is 0. The summed E-state index contributed by atoms with van der Waals surface area (Å²) in [5, 5.41) is 0. The number of amides is 1. The maximum Gasteiger partial charge on any atom is 0.226 e. The average molecular weight is 229 g/mol. The fraction of sp³-hybridized carbons (Fsp3) is 0.533. The summed E-state index contributed by atoms with van der Waals surface area (Å²) < 4.78 is 0. The molecule has 0 radical (unpaired) electrons. The molecule has 1 saturated carbocycles. The first kappa shape index (κ1) is 10.8. The van der Waals surface area contributed by atoms with Crippen molar-refractivity contribution in [3.8, 4) is 0 Å². The van der Waals surface area contributed by atoms with E-state index >= 15 is 0 Å². The number of hydrogen-bond donors (Lipinski definition) is 0. The molecule has 1 aromatic carbocycles. The molecule has 90 valence electrons. The van der Waals surface area contributed by atoms with Gasteiger partial charge in [0.2, 0.25) is 5.91 Å². The van der Waals surface area contributed by atoms with Crippen molar-refractivity contribution in [2.75, 3.05) is 13.1 Å². The zero-order valence-corrected chi connectivity index (χ0v) is 10.1. The Labute approximate surface area is 103 Å². The molecule has 0 bridgehead atoms. The van der Waals surface area contributed by atoms with Gasteiger partial charge in [0.1, 0.15) is 0 Å². The number of rotatable bonds is 2. The van der Waals surface area contributed by atoms with Crippen LogP contribution < -0.4 is 0 Å². The molecule has 17 heavy (non-hydrogen) atoms. The van der Waals surface area contributed by atoms with Crippen LogP contribution in [0.3, 0.4) is 0 Å². The molecule has 1 aliphatic heterocycles. The molecule has 1 heterocycles. The van der Waals surface area contributed by atoms with Crippen molar-refractivity contribution in [1.82, 2.24) is 4.90 Å². The highest BCUT2D eigenvalue weighted by Crippen LogP contribution is 2.48. The van der Waals surface area contributed by atoms with E-state index in [9.17, 15) is 4.79 Å². The van der Waals surface area contributed by atoms with Crippen LogP contribution in [0.5, 0.6) is 0 Å². The molecule has 0 aromatic heterocycles. The van der Waals surface area contributed by atoms with Gasteiger partial charge >= 0.3 is 0 Å². The lowest BCUT2D eigenvalue weighted by molar-refractivity contribution is -0.133. The lowest BCUT2D eigenvalue weighted by Gasteiger charge is -2.26. The van der Waals surface area contributed by atoms with Crippen molar-refractivity contribution in [2.24, 2.45) is 5.92 Å². The van der Waals surface area contributed by atoms with E-state index in [1.54, 1.807) is 0 Å². The topological polar surface area (TPSA) is 20.3 Å². The van der Waals surface area contributed by atoms with Crippen molar-refractivity contribution >= 4 is 5.91 Å². The number of nitrogens with zero attached hydrogens (tertiary/aromatic N) is 1. The fourth-order valence-electron chi connectivity index (χ4n) is 2.89. The second kappa shape index (κ2) is 4.52. The standard InChI is InChI=1S/C15H19NO/c17-15(16-9-5-2-6-10-16)14-11-13(14)12-7-3-1-4-8-12/h1,3-4,7-8,13-14H,2,5-6,9-11H2/t13-,14+/m1/s1. The highest BCUT2D eigenvalue weighted by Gasteiger charge is 2.45. The van der Waals surface area contributed by atoms with Crippen molar-refractivity contribution in [3.05, 3.63) is 35.9 Å². The third-order valence-corrected chi connectivity index (χ3v) is 4.00. The van der Waals surface area contributed by atoms with Crippen molar-refractivity contribution < 1.29 is 4.79 Å². The van der Waals surface area contributed by atoms with E-state index in [1.165, 1.54) is 24.8 Å². The Balaban J connectivity index is 1.62. The van der Waals surface area contributed by atoms with Gasteiger partial charge in [-0.25, -0.2) is 0 Å². The minimum absolute atomic E-state index is 0.274. The van der Waals surface area contributed by atoms with E-state index in [4.69, 9.17) is 0 Å². The van der Waals surface area contributed by atoms with Crippen LogP contribution in [-0.2, 0) is 4.79 Å². The first-order valence-electron chi connectivity index (χ1n) is 6.70. The minimum Gasteiger partial charge on any atom is -0.342 e. The van der Waals surface area contributed by atoms with Gasteiger partial charge in [-0.2, -0.15) is 0 Å². The SMILES string of the molecule is O=C([C@H]1C[C@@H]1c1ccccc1)N1CCCCC1. The summed E-state index contributed by atoms with van der Waals surface area (Å²) in [5.74, 6) is 1.17. The molecule has 2 heteroatoms. The molecule has 1 saturated heterocycles. The number of carbonyl (C=O) groups excluding carboxylic acids is 1. The molecule has 2 fully saturated rings. The van der Waals surface area contributed by atoms with Crippen LogP contribution in [-0.4, -0.2) is 23.9 Å². The van der Waals surface area contributed by atoms with Gasteiger partial charge in [0.25, 0.3) is 0 Å². The molecule has 0 N–H and O–H groups in total. The Morgan fingerprint density at radius 1 is 1.06 bits per heavy atom. The first-order valence-corrected chi connectivity index (χ1v) is 6.70. The molecular weight excluding hydrogens is 210 g/mol. The van der Waals surface area contributed by atoms with Crippen molar-refractivity contribution in [2.45, 2.75) is 31.6 Å². The highest BCUT2D eigenvalue weighted by molar-refractivity contribution is 5.83. The van der Waals surface area contributed by atoms with Crippen LogP contribution in [0, 0.1) is 5.92 Å². The van der Waals surface area contributed by atoms with Gasteiger partial charge in [0.15, 0.2) is 0 Å². The second-order valence-electron chi connectivity index (χ2n) is 5.25. The molecule has 2 aliphatic rings. The lowest BCUT2D eigenvalue weighted by atomic mass is 10.1. The molecule has 1 aromatic rings. The number of carbonyl (C=O) groups is 1. The maximum absolute atomic E-state index is 12.3. The van der Waals surface area contributed by atoms with Crippen LogP contribution >= 0.6 is 0 Å². The molecule has 3 rings (SSSR count). The third kappa shape index (κ3) is 2.21. The monoisotopic (exact) mass is 229 g/mol. The molecule has 1 aliphatic carbocycles. The Hall–Kier alpha value is -1.31. The highest BCUT2D eigenvalue weighted by atomic mass is 16.2. The Morgan fingerprint density at radius 3 is 2.47 bits per heavy atom. The average Bonchev–Trinajstić information content (AvgIpc) is 3.20. The van der Waals surface area contributed by atoms with Crippen LogP contribution in [0.15, 0.2) is 30.3 Å². The van der Waals surface area contributed by atoms with Crippen LogP contribution in [0.25, 0.3) is 0 Å². The van der Waals surface area contributed by atoms with Gasteiger partial charge < -0.3 is 4.90 Å². The maximum atomic E-state index is 12.3. The molecule has 1 amide bonds. The van der Waals surface area contributed by atoms with Crippen molar-refractivity contribution in [1.29, 1.82) is 0 Å². The summed E-state index contributed by atoms with van der Waals surface area (Å²) in [6, 6.07) is 10.5. The number of benzene rings is 1. The summed E-state index contributed by atoms with van der Waals surface area (Å²) in [4.78, 5) is 14.4. The summed E-state index contributed by atoms with van der Waals surface area (Å²) in [7, 11) is 0. The van der Waals surface area contributed by atoms with E-state index in [-0.39, 0.29) is 5.92 Å². The predicted octanol–water partition coefficient (Wildman–Crippen LogP) is 2.80. The number of likely N-dealkylation sites (tertiary alicyclic amines) is 1. The molecule has 0 spiro atoms. The summed E-state index contributed by atoms with van der Waals surface area (Å²) in [6.45, 7) is 1.97. The van der Waals surface area contributed by atoms with Gasteiger partial charge in [0.05, 0.1) is 0 Å². The van der Waals surface area contributed by atoms with Crippen LogP contribution in [0.2, 0.25) is 0 Å². The molecule has 2 atom stereocenters. The van der Waals surface area contributed by atoms with Gasteiger partial charge in [-0.15, -0.1) is 0 Å². The third-order valence-electron chi connectivity index (χ3n) is 4.00. The van der Waals surface area contributed by atoms with E-state index in [1.807, 2.05) is 6.07 Å². The molecular formula is C15H19NO. The zero-order valence-electron chi connectivity index (χ0n) is 10.1. The second-order valence-corrected chi connectivity index (χ2v) is 5.25.